The standard InChI is InChI=1S/C11H17NO4S/c13-9(8-3-1-2-5-16-8)12-11(10(14)15)4-6-17-7-11/h8H,1-7H2,(H,12,13)(H,14,15)/t8-,11-/m1/s1. The maximum Gasteiger partial charge on any atom is 0.330 e. The number of carbonyl (C=O) groups is 2. The van der Waals surface area contributed by atoms with Crippen molar-refractivity contribution >= 4 is 23.6 Å². The third-order valence-electron chi connectivity index (χ3n) is 3.27. The lowest BCUT2D eigenvalue weighted by Crippen LogP contribution is -2.57. The highest BCUT2D eigenvalue weighted by molar-refractivity contribution is 7.99. The predicted molar refractivity (Wildman–Crippen MR) is 64.0 cm³/mol. The molecule has 96 valence electrons. The fourth-order valence-electron chi connectivity index (χ4n) is 2.15. The van der Waals surface area contributed by atoms with Gasteiger partial charge in [-0.3, -0.25) is 4.79 Å². The van der Waals surface area contributed by atoms with E-state index in [4.69, 9.17) is 4.74 Å². The van der Waals surface area contributed by atoms with Crippen LogP contribution >= 0.6 is 11.8 Å². The van der Waals surface area contributed by atoms with Gasteiger partial charge >= 0.3 is 5.97 Å². The van der Waals surface area contributed by atoms with Gasteiger partial charge in [-0.15, -0.1) is 0 Å². The van der Waals surface area contributed by atoms with Gasteiger partial charge in [-0.2, -0.15) is 11.8 Å². The van der Waals surface area contributed by atoms with Crippen molar-refractivity contribution < 1.29 is 19.4 Å². The Morgan fingerprint density at radius 1 is 1.41 bits per heavy atom. The Kier molecular flexibility index (Phi) is 3.93. The van der Waals surface area contributed by atoms with Crippen molar-refractivity contribution in [2.45, 2.75) is 37.3 Å². The molecule has 6 heteroatoms. The zero-order valence-corrected chi connectivity index (χ0v) is 10.4. The second-order valence-electron chi connectivity index (χ2n) is 4.53. The van der Waals surface area contributed by atoms with Crippen molar-refractivity contribution in [3.63, 3.8) is 0 Å². The lowest BCUT2D eigenvalue weighted by Gasteiger charge is -2.29. The van der Waals surface area contributed by atoms with Crippen molar-refractivity contribution in [1.29, 1.82) is 0 Å². The highest BCUT2D eigenvalue weighted by atomic mass is 32.2. The summed E-state index contributed by atoms with van der Waals surface area (Å²) >= 11 is 1.56. The molecule has 0 radical (unpaired) electrons. The van der Waals surface area contributed by atoms with Gasteiger partial charge in [0.1, 0.15) is 11.6 Å². The number of carboxylic acids is 1. The highest BCUT2D eigenvalue weighted by Crippen LogP contribution is 2.28. The number of aliphatic carboxylic acids is 1. The van der Waals surface area contributed by atoms with Crippen LogP contribution in [0, 0.1) is 0 Å². The molecular formula is C11H17NO4S. The minimum atomic E-state index is -1.08. The van der Waals surface area contributed by atoms with Crippen molar-refractivity contribution in [2.75, 3.05) is 18.1 Å². The largest absolute Gasteiger partial charge is 0.479 e. The SMILES string of the molecule is O=C(N[C@]1(C(=O)O)CCSC1)[C@H]1CCCCO1. The summed E-state index contributed by atoms with van der Waals surface area (Å²) in [5, 5.41) is 11.9. The molecule has 0 saturated carbocycles. The molecule has 2 aliphatic heterocycles. The Balaban J connectivity index is 1.98. The molecule has 2 fully saturated rings. The van der Waals surface area contributed by atoms with E-state index in [9.17, 15) is 14.7 Å². The van der Waals surface area contributed by atoms with Gasteiger partial charge < -0.3 is 15.2 Å². The number of rotatable bonds is 3. The molecule has 2 heterocycles. The van der Waals surface area contributed by atoms with Crippen LogP contribution in [-0.2, 0) is 14.3 Å². The normalized spacial score (nSPS) is 33.3. The first-order valence-corrected chi connectivity index (χ1v) is 7.04. The number of carboxylic acid groups (broad SMARTS) is 1. The molecule has 2 N–H and O–H groups in total. The number of amides is 1. The molecule has 1 amide bonds. The number of hydrogen-bond acceptors (Lipinski definition) is 4. The maximum absolute atomic E-state index is 12.0. The highest BCUT2D eigenvalue weighted by Gasteiger charge is 2.44. The summed E-state index contributed by atoms with van der Waals surface area (Å²) < 4.78 is 5.36. The van der Waals surface area contributed by atoms with E-state index in [2.05, 4.69) is 5.32 Å². The molecule has 0 aliphatic carbocycles. The average Bonchev–Trinajstić information content (AvgIpc) is 2.80. The lowest BCUT2D eigenvalue weighted by molar-refractivity contribution is -0.149. The van der Waals surface area contributed by atoms with Gasteiger partial charge in [0.05, 0.1) is 0 Å². The smallest absolute Gasteiger partial charge is 0.330 e. The summed E-state index contributed by atoms with van der Waals surface area (Å²) in [7, 11) is 0. The predicted octanol–water partition coefficient (Wildman–Crippen LogP) is 0.632. The lowest BCUT2D eigenvalue weighted by atomic mass is 9.98. The fourth-order valence-corrected chi connectivity index (χ4v) is 3.48. The Bertz CT molecular complexity index is 309. The molecule has 5 nitrogen and oxygen atoms in total. The molecule has 17 heavy (non-hydrogen) atoms. The van der Waals surface area contributed by atoms with Gasteiger partial charge in [0.25, 0.3) is 0 Å². The van der Waals surface area contributed by atoms with E-state index in [-0.39, 0.29) is 5.91 Å². The van der Waals surface area contributed by atoms with Crippen molar-refractivity contribution in [2.24, 2.45) is 0 Å². The molecular weight excluding hydrogens is 242 g/mol. The molecule has 2 atom stereocenters. The summed E-state index contributed by atoms with van der Waals surface area (Å²) in [6.07, 6.45) is 2.65. The first kappa shape index (κ1) is 12.7. The Hall–Kier alpha value is -0.750. The number of thioether (sulfide) groups is 1. The number of nitrogens with one attached hydrogen (secondary N) is 1. The van der Waals surface area contributed by atoms with Crippen LogP contribution in [0.1, 0.15) is 25.7 Å². The number of hydrogen-bond donors (Lipinski definition) is 2. The summed E-state index contributed by atoms with van der Waals surface area (Å²) in [5.41, 5.74) is -1.08. The van der Waals surface area contributed by atoms with Crippen LogP contribution < -0.4 is 5.32 Å². The molecule has 0 aromatic carbocycles. The van der Waals surface area contributed by atoms with E-state index in [0.29, 0.717) is 25.2 Å². The molecule has 2 saturated heterocycles. The average molecular weight is 259 g/mol. The van der Waals surface area contributed by atoms with E-state index in [1.165, 1.54) is 0 Å². The number of ether oxygens (including phenoxy) is 1. The number of carbonyl (C=O) groups excluding carboxylic acids is 1. The van der Waals surface area contributed by atoms with Crippen LogP contribution in [0.25, 0.3) is 0 Å². The molecule has 0 aromatic rings. The van der Waals surface area contributed by atoms with Gasteiger partial charge in [-0.25, -0.2) is 4.79 Å². The zero-order valence-electron chi connectivity index (χ0n) is 9.61. The van der Waals surface area contributed by atoms with Crippen LogP contribution in [-0.4, -0.2) is 46.7 Å². The molecule has 0 aromatic heterocycles. The summed E-state index contributed by atoms with van der Waals surface area (Å²) in [5.74, 6) is 0.0140. The van der Waals surface area contributed by atoms with Crippen molar-refractivity contribution in [3.05, 3.63) is 0 Å². The zero-order chi connectivity index (χ0) is 12.3. The van der Waals surface area contributed by atoms with Crippen LogP contribution in [0.4, 0.5) is 0 Å². The second kappa shape index (κ2) is 5.27. The summed E-state index contributed by atoms with van der Waals surface area (Å²) in [4.78, 5) is 23.2. The molecule has 0 bridgehead atoms. The topological polar surface area (TPSA) is 75.6 Å². The molecule has 2 rings (SSSR count). The summed E-state index contributed by atoms with van der Waals surface area (Å²) in [6.45, 7) is 0.590. The Labute approximate surface area is 104 Å². The first-order valence-electron chi connectivity index (χ1n) is 5.89. The Morgan fingerprint density at radius 2 is 2.24 bits per heavy atom. The van der Waals surface area contributed by atoms with Crippen molar-refractivity contribution in [1.82, 2.24) is 5.32 Å². The minimum Gasteiger partial charge on any atom is -0.479 e. The van der Waals surface area contributed by atoms with Crippen LogP contribution in [0.15, 0.2) is 0 Å². The van der Waals surface area contributed by atoms with E-state index in [1.807, 2.05) is 0 Å². The van der Waals surface area contributed by atoms with Gasteiger partial charge in [0.15, 0.2) is 0 Å². The van der Waals surface area contributed by atoms with E-state index >= 15 is 0 Å². The fraction of sp³-hybridized carbons (Fsp3) is 0.818. The third kappa shape index (κ3) is 2.74. The van der Waals surface area contributed by atoms with Gasteiger partial charge in [0, 0.05) is 12.4 Å². The minimum absolute atomic E-state index is 0.269. The quantitative estimate of drug-likeness (QED) is 0.777. The van der Waals surface area contributed by atoms with Crippen LogP contribution in [0.3, 0.4) is 0 Å². The van der Waals surface area contributed by atoms with Gasteiger partial charge in [-0.1, -0.05) is 0 Å². The van der Waals surface area contributed by atoms with E-state index < -0.39 is 17.6 Å². The van der Waals surface area contributed by atoms with E-state index in [0.717, 1.165) is 18.6 Å². The van der Waals surface area contributed by atoms with Gasteiger partial charge in [-0.05, 0) is 31.4 Å². The van der Waals surface area contributed by atoms with Gasteiger partial charge in [0.2, 0.25) is 5.91 Å². The van der Waals surface area contributed by atoms with Crippen LogP contribution in [0.2, 0.25) is 0 Å². The monoisotopic (exact) mass is 259 g/mol. The van der Waals surface area contributed by atoms with Crippen LogP contribution in [0.5, 0.6) is 0 Å². The Morgan fingerprint density at radius 3 is 2.76 bits per heavy atom. The first-order chi connectivity index (χ1) is 8.14. The van der Waals surface area contributed by atoms with Crippen molar-refractivity contribution in [3.8, 4) is 0 Å². The second-order valence-corrected chi connectivity index (χ2v) is 5.64. The van der Waals surface area contributed by atoms with E-state index in [1.54, 1.807) is 11.8 Å². The summed E-state index contributed by atoms with van der Waals surface area (Å²) in [6, 6.07) is 0. The molecule has 2 aliphatic rings. The molecule has 0 spiro atoms. The molecule has 0 unspecified atom stereocenters. The third-order valence-corrected chi connectivity index (χ3v) is 4.46. The maximum atomic E-state index is 12.0.